The van der Waals surface area contributed by atoms with Crippen LogP contribution in [0.4, 0.5) is 10.7 Å². The van der Waals surface area contributed by atoms with Gasteiger partial charge in [-0.15, -0.1) is 11.3 Å². The Morgan fingerprint density at radius 3 is 2.89 bits per heavy atom. The molecule has 0 aliphatic rings. The van der Waals surface area contributed by atoms with Crippen molar-refractivity contribution >= 4 is 27.8 Å². The zero-order valence-electron chi connectivity index (χ0n) is 10.4. The lowest BCUT2D eigenvalue weighted by molar-refractivity contribution is 0.100. The van der Waals surface area contributed by atoms with Gasteiger partial charge in [0.15, 0.2) is 0 Å². The van der Waals surface area contributed by atoms with Gasteiger partial charge >= 0.3 is 0 Å². The van der Waals surface area contributed by atoms with Gasteiger partial charge in [-0.2, -0.15) is 5.26 Å². The third-order valence-electron chi connectivity index (χ3n) is 2.34. The number of anilines is 2. The number of hydrogen-bond donors (Lipinski definition) is 2. The third-order valence-corrected chi connectivity index (χ3v) is 3.48. The van der Waals surface area contributed by atoms with Gasteiger partial charge in [-0.3, -0.25) is 4.79 Å². The van der Waals surface area contributed by atoms with E-state index in [0.29, 0.717) is 10.6 Å². The van der Waals surface area contributed by atoms with Gasteiger partial charge in [0.1, 0.15) is 21.5 Å². The first kappa shape index (κ1) is 13.1. The predicted molar refractivity (Wildman–Crippen MR) is 72.1 cm³/mol. The van der Waals surface area contributed by atoms with Crippen LogP contribution in [0, 0.1) is 11.3 Å². The molecule has 0 aliphatic heterocycles. The zero-order valence-corrected chi connectivity index (χ0v) is 11.2. The summed E-state index contributed by atoms with van der Waals surface area (Å²) in [6.45, 7) is 3.88. The Bertz CT molecular complexity index is 637. The van der Waals surface area contributed by atoms with Gasteiger partial charge in [-0.05, 0) is 13.8 Å². The number of hydrogen-bond acceptors (Lipinski definition) is 7. The molecule has 0 atom stereocenters. The molecule has 98 valence electrons. The standard InChI is InChI=1S/C12H12N4O2S/c1-6(2)16-12-7(5-13)9(14)11(19-12)10(17)8-3-4-15-18-8/h3-4,6,16H,14H2,1-2H3. The zero-order chi connectivity index (χ0) is 14.0. The maximum Gasteiger partial charge on any atom is 0.243 e. The van der Waals surface area contributed by atoms with Crippen molar-refractivity contribution in [2.75, 3.05) is 11.1 Å². The van der Waals surface area contributed by atoms with Crippen molar-refractivity contribution in [2.24, 2.45) is 0 Å². The normalized spacial score (nSPS) is 10.4. The van der Waals surface area contributed by atoms with Crippen LogP contribution in [-0.2, 0) is 0 Å². The lowest BCUT2D eigenvalue weighted by atomic mass is 10.2. The van der Waals surface area contributed by atoms with E-state index in [4.69, 9.17) is 15.5 Å². The van der Waals surface area contributed by atoms with Gasteiger partial charge in [-0.1, -0.05) is 5.16 Å². The Kier molecular flexibility index (Phi) is 3.53. The second kappa shape index (κ2) is 5.12. The quantitative estimate of drug-likeness (QED) is 0.830. The fourth-order valence-electron chi connectivity index (χ4n) is 1.53. The molecule has 19 heavy (non-hydrogen) atoms. The van der Waals surface area contributed by atoms with Gasteiger partial charge in [-0.25, -0.2) is 0 Å². The number of nitrogens with two attached hydrogens (primary N) is 1. The highest BCUT2D eigenvalue weighted by molar-refractivity contribution is 7.19. The molecular weight excluding hydrogens is 264 g/mol. The molecule has 7 heteroatoms. The maximum absolute atomic E-state index is 12.2. The predicted octanol–water partition coefficient (Wildman–Crippen LogP) is 2.24. The summed E-state index contributed by atoms with van der Waals surface area (Å²) in [5.41, 5.74) is 6.33. The number of rotatable bonds is 4. The number of carbonyl (C=O) groups is 1. The largest absolute Gasteiger partial charge is 0.396 e. The summed E-state index contributed by atoms with van der Waals surface area (Å²) in [5.74, 6) is -0.262. The topological polar surface area (TPSA) is 105 Å². The summed E-state index contributed by atoms with van der Waals surface area (Å²) in [6.07, 6.45) is 1.38. The summed E-state index contributed by atoms with van der Waals surface area (Å²) in [4.78, 5) is 12.4. The first-order valence-electron chi connectivity index (χ1n) is 5.58. The highest BCUT2D eigenvalue weighted by Gasteiger charge is 2.24. The second-order valence-corrected chi connectivity index (χ2v) is 5.19. The van der Waals surface area contributed by atoms with Gasteiger partial charge in [0.2, 0.25) is 11.5 Å². The lowest BCUT2D eigenvalue weighted by Crippen LogP contribution is -2.09. The first-order chi connectivity index (χ1) is 9.04. The van der Waals surface area contributed by atoms with Gasteiger partial charge in [0.25, 0.3) is 0 Å². The molecule has 0 bridgehead atoms. The molecule has 0 fully saturated rings. The number of aromatic nitrogens is 1. The second-order valence-electron chi connectivity index (χ2n) is 4.17. The smallest absolute Gasteiger partial charge is 0.243 e. The van der Waals surface area contributed by atoms with Gasteiger partial charge < -0.3 is 15.6 Å². The van der Waals surface area contributed by atoms with E-state index in [1.807, 2.05) is 19.9 Å². The fraction of sp³-hybridized carbons (Fsp3) is 0.250. The molecule has 2 aromatic rings. The monoisotopic (exact) mass is 276 g/mol. The number of nitrogen functional groups attached to an aromatic ring is 1. The highest BCUT2D eigenvalue weighted by atomic mass is 32.1. The molecule has 0 unspecified atom stereocenters. The van der Waals surface area contributed by atoms with Crippen LogP contribution >= 0.6 is 11.3 Å². The molecule has 2 heterocycles. The summed E-state index contributed by atoms with van der Waals surface area (Å²) in [7, 11) is 0. The summed E-state index contributed by atoms with van der Waals surface area (Å²) < 4.78 is 4.82. The minimum absolute atomic E-state index is 0.105. The van der Waals surface area contributed by atoms with Crippen LogP contribution in [0.15, 0.2) is 16.8 Å². The van der Waals surface area contributed by atoms with Crippen LogP contribution in [0.25, 0.3) is 0 Å². The van der Waals surface area contributed by atoms with Gasteiger partial charge in [0.05, 0.1) is 11.9 Å². The molecule has 3 N–H and O–H groups in total. The van der Waals surface area contributed by atoms with E-state index < -0.39 is 0 Å². The molecule has 0 saturated heterocycles. The van der Waals surface area contributed by atoms with E-state index in [-0.39, 0.29) is 28.1 Å². The third kappa shape index (κ3) is 2.44. The number of carbonyl (C=O) groups excluding carboxylic acids is 1. The Hall–Kier alpha value is -2.33. The highest BCUT2D eigenvalue weighted by Crippen LogP contribution is 2.36. The summed E-state index contributed by atoms with van der Waals surface area (Å²) >= 11 is 1.15. The first-order valence-corrected chi connectivity index (χ1v) is 6.40. The fourth-order valence-corrected chi connectivity index (χ4v) is 2.69. The molecule has 0 aromatic carbocycles. The van der Waals surface area contributed by atoms with Crippen molar-refractivity contribution in [1.29, 1.82) is 5.26 Å². The molecule has 0 amide bonds. The number of ketones is 1. The van der Waals surface area contributed by atoms with Crippen molar-refractivity contribution in [3.63, 3.8) is 0 Å². The van der Waals surface area contributed by atoms with E-state index in [2.05, 4.69) is 10.5 Å². The van der Waals surface area contributed by atoms with E-state index in [1.54, 1.807) is 0 Å². The number of nitrogens with one attached hydrogen (secondary N) is 1. The van der Waals surface area contributed by atoms with Crippen LogP contribution in [0.1, 0.15) is 34.8 Å². The Morgan fingerprint density at radius 2 is 2.37 bits per heavy atom. The van der Waals surface area contributed by atoms with E-state index in [9.17, 15) is 4.79 Å². The van der Waals surface area contributed by atoms with Crippen LogP contribution in [-0.4, -0.2) is 17.0 Å². The molecule has 0 radical (unpaired) electrons. The lowest BCUT2D eigenvalue weighted by Gasteiger charge is -2.06. The molecule has 0 saturated carbocycles. The molecule has 0 spiro atoms. The molecule has 2 aromatic heterocycles. The van der Waals surface area contributed by atoms with Crippen molar-refractivity contribution in [2.45, 2.75) is 19.9 Å². The van der Waals surface area contributed by atoms with Crippen LogP contribution in [0.5, 0.6) is 0 Å². The van der Waals surface area contributed by atoms with E-state index in [0.717, 1.165) is 11.3 Å². The Balaban J connectivity index is 2.45. The number of nitrogens with zero attached hydrogens (tertiary/aromatic N) is 2. The van der Waals surface area contributed by atoms with Gasteiger partial charge in [0, 0.05) is 12.1 Å². The SMILES string of the molecule is CC(C)Nc1sc(C(=O)c2ccno2)c(N)c1C#N. The van der Waals surface area contributed by atoms with E-state index in [1.165, 1.54) is 12.3 Å². The minimum atomic E-state index is -0.367. The average molecular weight is 276 g/mol. The molecule has 0 aliphatic carbocycles. The minimum Gasteiger partial charge on any atom is -0.396 e. The van der Waals surface area contributed by atoms with Crippen molar-refractivity contribution in [3.05, 3.63) is 28.5 Å². The Labute approximate surface area is 113 Å². The molecule has 6 nitrogen and oxygen atoms in total. The number of nitriles is 1. The summed E-state index contributed by atoms with van der Waals surface area (Å²) in [5, 5.41) is 16.3. The maximum atomic E-state index is 12.2. The summed E-state index contributed by atoms with van der Waals surface area (Å²) in [6, 6.07) is 3.61. The molecular formula is C12H12N4O2S. The van der Waals surface area contributed by atoms with Crippen molar-refractivity contribution < 1.29 is 9.32 Å². The van der Waals surface area contributed by atoms with Crippen LogP contribution in [0.2, 0.25) is 0 Å². The Morgan fingerprint density at radius 1 is 1.63 bits per heavy atom. The van der Waals surface area contributed by atoms with Crippen LogP contribution < -0.4 is 11.1 Å². The van der Waals surface area contributed by atoms with Crippen molar-refractivity contribution in [3.8, 4) is 6.07 Å². The van der Waals surface area contributed by atoms with E-state index >= 15 is 0 Å². The van der Waals surface area contributed by atoms with Crippen molar-refractivity contribution in [1.82, 2.24) is 5.16 Å². The van der Waals surface area contributed by atoms with Crippen LogP contribution in [0.3, 0.4) is 0 Å². The number of thiophene rings is 1. The average Bonchev–Trinajstić information content (AvgIpc) is 2.96. The molecule has 2 rings (SSSR count).